The van der Waals surface area contributed by atoms with E-state index in [-0.39, 0.29) is 16.5 Å². The number of nitrogens with zero attached hydrogens (tertiary/aromatic N) is 4. The largest absolute Gasteiger partial charge is 0.368 e. The lowest BCUT2D eigenvalue weighted by Crippen LogP contribution is -2.49. The highest BCUT2D eigenvalue weighted by Gasteiger charge is 2.26. The predicted molar refractivity (Wildman–Crippen MR) is 113 cm³/mol. The van der Waals surface area contributed by atoms with Crippen LogP contribution < -0.4 is 4.90 Å². The number of benzene rings is 2. The van der Waals surface area contributed by atoms with Crippen LogP contribution in [-0.4, -0.2) is 68.7 Å². The summed E-state index contributed by atoms with van der Waals surface area (Å²) in [7, 11) is -0.724. The number of amides is 1. The van der Waals surface area contributed by atoms with Crippen LogP contribution >= 0.6 is 0 Å². The second-order valence-corrected chi connectivity index (χ2v) is 9.47. The molecule has 1 aliphatic heterocycles. The van der Waals surface area contributed by atoms with Crippen LogP contribution in [-0.2, 0) is 10.0 Å². The lowest BCUT2D eigenvalue weighted by Gasteiger charge is -2.36. The minimum atomic E-state index is -3.63. The Labute approximate surface area is 175 Å². The molecule has 0 spiro atoms. The minimum Gasteiger partial charge on any atom is -0.368 e. The zero-order valence-corrected chi connectivity index (χ0v) is 17.9. The first-order valence-corrected chi connectivity index (χ1v) is 10.9. The number of anilines is 1. The number of hydrogen-bond acceptors (Lipinski definition) is 6. The summed E-state index contributed by atoms with van der Waals surface area (Å²) in [6.07, 6.45) is 0. The first kappa shape index (κ1) is 21.7. The average Bonchev–Trinajstić information content (AvgIpc) is 2.73. The fraction of sp³-hybridized carbons (Fsp3) is 0.350. The van der Waals surface area contributed by atoms with Crippen molar-refractivity contribution < 1.29 is 18.1 Å². The second-order valence-electron chi connectivity index (χ2n) is 7.32. The van der Waals surface area contributed by atoms with Crippen molar-refractivity contribution in [3.8, 4) is 0 Å². The molecule has 10 heteroatoms. The number of hydrogen-bond donors (Lipinski definition) is 0. The summed E-state index contributed by atoms with van der Waals surface area (Å²) < 4.78 is 25.9. The van der Waals surface area contributed by atoms with Gasteiger partial charge in [-0.15, -0.1) is 0 Å². The first-order valence-electron chi connectivity index (χ1n) is 9.43. The van der Waals surface area contributed by atoms with E-state index in [1.165, 1.54) is 38.4 Å². The fourth-order valence-electron chi connectivity index (χ4n) is 3.33. The summed E-state index contributed by atoms with van der Waals surface area (Å²) in [6.45, 7) is 3.89. The summed E-state index contributed by atoms with van der Waals surface area (Å²) in [5, 5.41) is 10.8. The number of nitro groups is 1. The van der Waals surface area contributed by atoms with Crippen LogP contribution in [0.3, 0.4) is 0 Å². The van der Waals surface area contributed by atoms with Crippen molar-refractivity contribution in [3.05, 3.63) is 63.7 Å². The van der Waals surface area contributed by atoms with E-state index in [1.807, 2.05) is 0 Å². The van der Waals surface area contributed by atoms with Gasteiger partial charge in [-0.1, -0.05) is 6.07 Å². The Kier molecular flexibility index (Phi) is 6.09. The molecule has 0 bridgehead atoms. The Morgan fingerprint density at radius 1 is 1.03 bits per heavy atom. The number of rotatable bonds is 5. The molecule has 0 N–H and O–H groups in total. The fourth-order valence-corrected chi connectivity index (χ4v) is 4.25. The van der Waals surface area contributed by atoms with Gasteiger partial charge in [-0.05, 0) is 36.8 Å². The molecule has 3 rings (SSSR count). The quantitative estimate of drug-likeness (QED) is 0.529. The van der Waals surface area contributed by atoms with Gasteiger partial charge in [0.1, 0.15) is 0 Å². The third-order valence-electron chi connectivity index (χ3n) is 5.21. The molecule has 0 aromatic heterocycles. The Morgan fingerprint density at radius 2 is 1.63 bits per heavy atom. The van der Waals surface area contributed by atoms with E-state index < -0.39 is 14.9 Å². The van der Waals surface area contributed by atoms with E-state index in [0.717, 1.165) is 15.6 Å². The maximum Gasteiger partial charge on any atom is 0.269 e. The molecule has 2 aromatic carbocycles. The van der Waals surface area contributed by atoms with E-state index in [4.69, 9.17) is 0 Å². The lowest BCUT2D eigenvalue weighted by molar-refractivity contribution is -0.384. The molecule has 2 aromatic rings. The first-order chi connectivity index (χ1) is 14.1. The van der Waals surface area contributed by atoms with Crippen LogP contribution in [0.1, 0.15) is 15.9 Å². The van der Waals surface area contributed by atoms with E-state index in [9.17, 15) is 23.3 Å². The monoisotopic (exact) mass is 432 g/mol. The van der Waals surface area contributed by atoms with Gasteiger partial charge in [0.2, 0.25) is 10.0 Å². The molecule has 0 unspecified atom stereocenters. The zero-order valence-electron chi connectivity index (χ0n) is 17.1. The van der Waals surface area contributed by atoms with Gasteiger partial charge in [-0.2, -0.15) is 0 Å². The molecule has 1 saturated heterocycles. The van der Waals surface area contributed by atoms with E-state index in [0.29, 0.717) is 31.7 Å². The summed E-state index contributed by atoms with van der Waals surface area (Å²) in [5.41, 5.74) is 2.00. The number of sulfonamides is 1. The SMILES string of the molecule is Cc1ccc(S(=O)(=O)N(C)C)cc1C(=O)N1CCN(c2ccc([N+](=O)[O-])cc2)CC1. The zero-order chi connectivity index (χ0) is 22.1. The third kappa shape index (κ3) is 4.29. The highest BCUT2D eigenvalue weighted by Crippen LogP contribution is 2.23. The van der Waals surface area contributed by atoms with Gasteiger partial charge in [0.15, 0.2) is 0 Å². The number of non-ortho nitro benzene ring substituents is 1. The van der Waals surface area contributed by atoms with E-state index in [1.54, 1.807) is 30.0 Å². The van der Waals surface area contributed by atoms with Crippen molar-refractivity contribution in [3.63, 3.8) is 0 Å². The predicted octanol–water partition coefficient (Wildman–Crippen LogP) is 2.12. The van der Waals surface area contributed by atoms with Crippen molar-refractivity contribution in [2.45, 2.75) is 11.8 Å². The number of nitro benzene ring substituents is 1. The minimum absolute atomic E-state index is 0.0376. The van der Waals surface area contributed by atoms with Gasteiger partial charge in [-0.3, -0.25) is 14.9 Å². The highest BCUT2D eigenvalue weighted by molar-refractivity contribution is 7.89. The topological polar surface area (TPSA) is 104 Å². The summed E-state index contributed by atoms with van der Waals surface area (Å²) >= 11 is 0. The standard InChI is InChI=1S/C20H24N4O5S/c1-15-4-9-18(30(28,29)21(2)3)14-19(15)20(25)23-12-10-22(11-13-23)16-5-7-17(8-6-16)24(26)27/h4-9,14H,10-13H2,1-3H3. The van der Waals surface area contributed by atoms with Gasteiger partial charge in [0, 0.05) is 63.7 Å². The van der Waals surface area contributed by atoms with Crippen LogP contribution in [0.5, 0.6) is 0 Å². The Balaban J connectivity index is 1.73. The third-order valence-corrected chi connectivity index (χ3v) is 7.02. The Hall–Kier alpha value is -2.98. The van der Waals surface area contributed by atoms with Crippen molar-refractivity contribution in [1.29, 1.82) is 0 Å². The van der Waals surface area contributed by atoms with Gasteiger partial charge >= 0.3 is 0 Å². The molecule has 30 heavy (non-hydrogen) atoms. The van der Waals surface area contributed by atoms with Crippen LogP contribution in [0.25, 0.3) is 0 Å². The van der Waals surface area contributed by atoms with E-state index >= 15 is 0 Å². The molecule has 0 saturated carbocycles. The maximum absolute atomic E-state index is 13.1. The van der Waals surface area contributed by atoms with Crippen LogP contribution in [0.15, 0.2) is 47.4 Å². The maximum atomic E-state index is 13.1. The molecule has 1 fully saturated rings. The van der Waals surface area contributed by atoms with Crippen molar-refractivity contribution in [2.24, 2.45) is 0 Å². The number of piperazine rings is 1. The van der Waals surface area contributed by atoms with Gasteiger partial charge < -0.3 is 9.80 Å². The molecular weight excluding hydrogens is 408 g/mol. The number of aryl methyl sites for hydroxylation is 1. The van der Waals surface area contributed by atoms with Gasteiger partial charge in [0.05, 0.1) is 9.82 Å². The number of carbonyl (C=O) groups is 1. The smallest absolute Gasteiger partial charge is 0.269 e. The van der Waals surface area contributed by atoms with Crippen molar-refractivity contribution >= 4 is 27.3 Å². The summed E-state index contributed by atoms with van der Waals surface area (Å²) in [4.78, 5) is 27.3. The average molecular weight is 433 g/mol. The van der Waals surface area contributed by atoms with Gasteiger partial charge in [0.25, 0.3) is 11.6 Å². The molecule has 1 amide bonds. The van der Waals surface area contributed by atoms with Crippen LogP contribution in [0, 0.1) is 17.0 Å². The van der Waals surface area contributed by atoms with Crippen LogP contribution in [0.2, 0.25) is 0 Å². The Morgan fingerprint density at radius 3 is 2.17 bits per heavy atom. The van der Waals surface area contributed by atoms with E-state index in [2.05, 4.69) is 4.90 Å². The molecule has 1 heterocycles. The molecular formula is C20H24N4O5S. The molecule has 1 aliphatic rings. The summed E-state index contributed by atoms with van der Waals surface area (Å²) in [6, 6.07) is 10.9. The summed E-state index contributed by atoms with van der Waals surface area (Å²) in [5.74, 6) is -0.202. The van der Waals surface area contributed by atoms with Gasteiger partial charge in [-0.25, -0.2) is 12.7 Å². The lowest BCUT2D eigenvalue weighted by atomic mass is 10.1. The molecule has 160 valence electrons. The second kappa shape index (κ2) is 8.41. The molecule has 9 nitrogen and oxygen atoms in total. The van der Waals surface area contributed by atoms with Crippen molar-refractivity contribution in [1.82, 2.24) is 9.21 Å². The highest BCUT2D eigenvalue weighted by atomic mass is 32.2. The normalized spacial score (nSPS) is 14.8. The molecule has 0 atom stereocenters. The molecule has 0 radical (unpaired) electrons. The molecule has 0 aliphatic carbocycles. The number of carbonyl (C=O) groups excluding carboxylic acids is 1. The van der Waals surface area contributed by atoms with Crippen LogP contribution in [0.4, 0.5) is 11.4 Å². The van der Waals surface area contributed by atoms with Crippen molar-refractivity contribution in [2.75, 3.05) is 45.2 Å². The Bertz CT molecular complexity index is 1060.